The van der Waals surface area contributed by atoms with Gasteiger partial charge in [0.15, 0.2) is 0 Å². The van der Waals surface area contributed by atoms with Gasteiger partial charge in [-0.15, -0.1) is 0 Å². The maximum absolute atomic E-state index is 12.3. The molecule has 0 aliphatic heterocycles. The van der Waals surface area contributed by atoms with E-state index in [4.69, 9.17) is 4.74 Å². The molecule has 0 aromatic heterocycles. The zero-order chi connectivity index (χ0) is 18.2. The van der Waals surface area contributed by atoms with Crippen LogP contribution in [0.3, 0.4) is 0 Å². The highest BCUT2D eigenvalue weighted by Gasteiger charge is 2.10. The first-order valence-corrected chi connectivity index (χ1v) is 8.86. The number of carbonyl (C=O) groups is 2. The van der Waals surface area contributed by atoms with E-state index in [2.05, 4.69) is 26.6 Å². The highest BCUT2D eigenvalue weighted by molar-refractivity contribution is 9.10. The van der Waals surface area contributed by atoms with Gasteiger partial charge in [-0.3, -0.25) is 9.59 Å². The van der Waals surface area contributed by atoms with Crippen LogP contribution < -0.4 is 15.4 Å². The van der Waals surface area contributed by atoms with Crippen molar-refractivity contribution in [1.82, 2.24) is 5.32 Å². The molecule has 0 saturated heterocycles. The summed E-state index contributed by atoms with van der Waals surface area (Å²) in [5.74, 6) is 0.528. The summed E-state index contributed by atoms with van der Waals surface area (Å²) < 4.78 is 6.19. The zero-order valence-corrected chi connectivity index (χ0v) is 15.9. The van der Waals surface area contributed by atoms with Crippen molar-refractivity contribution in [3.63, 3.8) is 0 Å². The van der Waals surface area contributed by atoms with Crippen LogP contribution in [0.15, 0.2) is 46.9 Å². The smallest absolute Gasteiger partial charge is 0.255 e. The Morgan fingerprint density at radius 1 is 1.12 bits per heavy atom. The van der Waals surface area contributed by atoms with Crippen molar-refractivity contribution in [2.45, 2.75) is 19.8 Å². The van der Waals surface area contributed by atoms with E-state index in [9.17, 15) is 9.59 Å². The lowest BCUT2D eigenvalue weighted by Crippen LogP contribution is -2.17. The predicted molar refractivity (Wildman–Crippen MR) is 102 cm³/mol. The molecule has 25 heavy (non-hydrogen) atoms. The van der Waals surface area contributed by atoms with Crippen molar-refractivity contribution in [3.05, 3.63) is 58.1 Å². The van der Waals surface area contributed by atoms with Crippen molar-refractivity contribution in [1.29, 1.82) is 0 Å². The largest absolute Gasteiger partial charge is 0.493 e. The summed E-state index contributed by atoms with van der Waals surface area (Å²) in [6.07, 6.45) is 1.11. The Morgan fingerprint density at radius 2 is 1.84 bits per heavy atom. The number of rotatable bonds is 7. The molecule has 5 nitrogen and oxygen atoms in total. The molecule has 0 spiro atoms. The van der Waals surface area contributed by atoms with Crippen LogP contribution in [0.25, 0.3) is 0 Å². The van der Waals surface area contributed by atoms with E-state index in [0.29, 0.717) is 36.4 Å². The molecule has 0 saturated carbocycles. The van der Waals surface area contributed by atoms with Crippen molar-refractivity contribution in [2.24, 2.45) is 0 Å². The number of hydrogen-bond donors (Lipinski definition) is 2. The molecule has 0 radical (unpaired) electrons. The lowest BCUT2D eigenvalue weighted by molar-refractivity contribution is -0.120. The Kier molecular flexibility index (Phi) is 7.01. The fraction of sp³-hybridized carbons (Fsp3) is 0.263. The first kappa shape index (κ1) is 19.0. The normalized spacial score (nSPS) is 10.2. The van der Waals surface area contributed by atoms with Crippen LogP contribution >= 0.6 is 15.9 Å². The number of hydrogen-bond acceptors (Lipinski definition) is 3. The van der Waals surface area contributed by atoms with Crippen LogP contribution in [0, 0.1) is 0 Å². The second kappa shape index (κ2) is 9.22. The van der Waals surface area contributed by atoms with Gasteiger partial charge in [-0.25, -0.2) is 0 Å². The average molecular weight is 405 g/mol. The van der Waals surface area contributed by atoms with Gasteiger partial charge >= 0.3 is 0 Å². The first-order valence-electron chi connectivity index (χ1n) is 8.06. The number of aryl methyl sites for hydroxylation is 1. The molecule has 0 unspecified atom stereocenters. The third-order valence-corrected chi connectivity index (χ3v) is 4.24. The Bertz CT molecular complexity index is 745. The molecule has 0 fully saturated rings. The molecule has 2 aromatic rings. The van der Waals surface area contributed by atoms with Crippen LogP contribution in [0.4, 0.5) is 5.69 Å². The van der Waals surface area contributed by atoms with Crippen molar-refractivity contribution >= 4 is 33.4 Å². The van der Waals surface area contributed by atoms with E-state index in [1.807, 2.05) is 31.2 Å². The van der Waals surface area contributed by atoms with E-state index < -0.39 is 0 Å². The molecule has 2 N–H and O–H groups in total. The molecule has 2 amide bonds. The molecule has 132 valence electrons. The minimum Gasteiger partial charge on any atom is -0.493 e. The Morgan fingerprint density at radius 3 is 2.44 bits per heavy atom. The van der Waals surface area contributed by atoms with Gasteiger partial charge in [-0.05, 0) is 65.2 Å². The highest BCUT2D eigenvalue weighted by atomic mass is 79.9. The van der Waals surface area contributed by atoms with E-state index >= 15 is 0 Å². The Hall–Kier alpha value is -2.34. The molecule has 6 heteroatoms. The van der Waals surface area contributed by atoms with Gasteiger partial charge < -0.3 is 15.4 Å². The van der Waals surface area contributed by atoms with E-state index in [1.54, 1.807) is 25.2 Å². The number of carbonyl (C=O) groups excluding carboxylic acids is 2. The topological polar surface area (TPSA) is 67.4 Å². The molecule has 0 atom stereocenters. The number of benzene rings is 2. The molecule has 2 aromatic carbocycles. The van der Waals surface area contributed by atoms with E-state index in [0.717, 1.165) is 10.0 Å². The molecule has 2 rings (SSSR count). The van der Waals surface area contributed by atoms with E-state index in [-0.39, 0.29) is 11.8 Å². The SMILES string of the molecule is CCOc1ccc(C(=O)Nc2ccc(CCC(=O)NC)cc2)cc1Br. The Labute approximate surface area is 155 Å². The standard InChI is InChI=1S/C19H21BrN2O3/c1-3-25-17-10-7-14(12-16(17)20)19(24)22-15-8-4-13(5-9-15)6-11-18(23)21-2/h4-5,7-10,12H,3,6,11H2,1-2H3,(H,21,23)(H,22,24). The second-order valence-corrected chi connectivity index (χ2v) is 6.26. The lowest BCUT2D eigenvalue weighted by atomic mass is 10.1. The number of anilines is 1. The molecule has 0 bridgehead atoms. The van der Waals surface area contributed by atoms with Gasteiger partial charge in [0.2, 0.25) is 5.91 Å². The average Bonchev–Trinajstić information content (AvgIpc) is 2.62. The summed E-state index contributed by atoms with van der Waals surface area (Å²) in [4.78, 5) is 23.6. The van der Waals surface area contributed by atoms with Crippen LogP contribution in [-0.2, 0) is 11.2 Å². The summed E-state index contributed by atoms with van der Waals surface area (Å²) in [5.41, 5.74) is 2.29. The Balaban J connectivity index is 1.98. The summed E-state index contributed by atoms with van der Waals surface area (Å²) in [6, 6.07) is 12.7. The van der Waals surface area contributed by atoms with E-state index in [1.165, 1.54) is 0 Å². The van der Waals surface area contributed by atoms with Crippen LogP contribution in [0.1, 0.15) is 29.3 Å². The van der Waals surface area contributed by atoms with Gasteiger partial charge in [0.25, 0.3) is 5.91 Å². The number of halogens is 1. The van der Waals surface area contributed by atoms with Crippen molar-refractivity contribution in [3.8, 4) is 5.75 Å². The molecular weight excluding hydrogens is 384 g/mol. The number of nitrogens with one attached hydrogen (secondary N) is 2. The third-order valence-electron chi connectivity index (χ3n) is 3.63. The molecular formula is C19H21BrN2O3. The highest BCUT2D eigenvalue weighted by Crippen LogP contribution is 2.26. The molecule has 0 heterocycles. The monoisotopic (exact) mass is 404 g/mol. The summed E-state index contributed by atoms with van der Waals surface area (Å²) in [7, 11) is 1.63. The molecule has 0 aliphatic rings. The fourth-order valence-corrected chi connectivity index (χ4v) is 2.75. The van der Waals surface area contributed by atoms with Gasteiger partial charge in [0.1, 0.15) is 5.75 Å². The van der Waals surface area contributed by atoms with Crippen molar-refractivity contribution in [2.75, 3.05) is 19.0 Å². The zero-order valence-electron chi connectivity index (χ0n) is 14.3. The van der Waals surface area contributed by atoms with Crippen LogP contribution in [0.2, 0.25) is 0 Å². The number of ether oxygens (including phenoxy) is 1. The fourth-order valence-electron chi connectivity index (χ4n) is 2.26. The maximum atomic E-state index is 12.3. The minimum atomic E-state index is -0.193. The van der Waals surface area contributed by atoms with Gasteiger partial charge in [-0.2, -0.15) is 0 Å². The lowest BCUT2D eigenvalue weighted by Gasteiger charge is -2.09. The maximum Gasteiger partial charge on any atom is 0.255 e. The van der Waals surface area contributed by atoms with Crippen LogP contribution in [0.5, 0.6) is 5.75 Å². The quantitative estimate of drug-likeness (QED) is 0.737. The summed E-state index contributed by atoms with van der Waals surface area (Å²) in [6.45, 7) is 2.47. The van der Waals surface area contributed by atoms with Gasteiger partial charge in [0, 0.05) is 24.7 Å². The van der Waals surface area contributed by atoms with Crippen molar-refractivity contribution < 1.29 is 14.3 Å². The minimum absolute atomic E-state index is 0.0125. The van der Waals surface area contributed by atoms with Crippen LogP contribution in [-0.4, -0.2) is 25.5 Å². The third kappa shape index (κ3) is 5.60. The summed E-state index contributed by atoms with van der Waals surface area (Å²) >= 11 is 3.41. The summed E-state index contributed by atoms with van der Waals surface area (Å²) in [5, 5.41) is 5.46. The number of amides is 2. The van der Waals surface area contributed by atoms with Gasteiger partial charge in [-0.1, -0.05) is 12.1 Å². The second-order valence-electron chi connectivity index (χ2n) is 5.40. The molecule has 0 aliphatic carbocycles. The predicted octanol–water partition coefficient (Wildman–Crippen LogP) is 3.78. The first-order chi connectivity index (χ1) is 12.0. The van der Waals surface area contributed by atoms with Gasteiger partial charge in [0.05, 0.1) is 11.1 Å².